The lowest BCUT2D eigenvalue weighted by atomic mass is 10.0. The van der Waals surface area contributed by atoms with Crippen LogP contribution in [0.1, 0.15) is 35.2 Å². The minimum absolute atomic E-state index is 0.0588. The van der Waals surface area contributed by atoms with Gasteiger partial charge >= 0.3 is 0 Å². The molecule has 1 fully saturated rings. The first-order valence-corrected chi connectivity index (χ1v) is 12.4. The molecule has 180 valence electrons. The summed E-state index contributed by atoms with van der Waals surface area (Å²) in [6.45, 7) is 11.6. The number of H-pyrrole nitrogens is 1. The van der Waals surface area contributed by atoms with Crippen LogP contribution >= 0.6 is 12.2 Å². The largest absolute Gasteiger partial charge is 0.379 e. The van der Waals surface area contributed by atoms with Gasteiger partial charge in [-0.25, -0.2) is 0 Å². The molecule has 0 aliphatic carbocycles. The van der Waals surface area contributed by atoms with Crippen molar-refractivity contribution in [2.24, 2.45) is 0 Å². The van der Waals surface area contributed by atoms with Gasteiger partial charge in [-0.15, -0.1) is 0 Å². The van der Waals surface area contributed by atoms with E-state index in [0.29, 0.717) is 17.2 Å². The van der Waals surface area contributed by atoms with E-state index in [1.807, 2.05) is 31.2 Å². The van der Waals surface area contributed by atoms with E-state index in [1.54, 1.807) is 0 Å². The normalized spacial score (nSPS) is 15.3. The molecule has 0 radical (unpaired) electrons. The lowest BCUT2D eigenvalue weighted by molar-refractivity contribution is 0.0357. The zero-order chi connectivity index (χ0) is 24.1. The van der Waals surface area contributed by atoms with Crippen LogP contribution < -0.4 is 10.9 Å². The van der Waals surface area contributed by atoms with Gasteiger partial charge in [0, 0.05) is 31.7 Å². The Labute approximate surface area is 206 Å². The Balaban J connectivity index is 1.55. The van der Waals surface area contributed by atoms with Crippen molar-refractivity contribution >= 4 is 28.2 Å². The van der Waals surface area contributed by atoms with Gasteiger partial charge in [-0.3, -0.25) is 9.69 Å². The van der Waals surface area contributed by atoms with E-state index >= 15 is 0 Å². The summed E-state index contributed by atoms with van der Waals surface area (Å²) in [5, 5.41) is 5.18. The van der Waals surface area contributed by atoms with Crippen LogP contribution in [0, 0.1) is 13.8 Å². The van der Waals surface area contributed by atoms with E-state index in [1.165, 1.54) is 11.1 Å². The van der Waals surface area contributed by atoms with Crippen molar-refractivity contribution in [3.8, 4) is 0 Å². The standard InChI is InChI=1S/C27H34N4O2S/c1-19-9-10-23-17-24(26(32)29-25(23)20(19)2)18-31(12-11-30-13-15-33-16-14-30)27(34)28-21(3)22-7-5-4-6-8-22/h4-10,17,21H,11-16,18H2,1-3H3,(H,28,34)(H,29,32)/t21-/m1/s1. The van der Waals surface area contributed by atoms with Gasteiger partial charge in [0.05, 0.1) is 31.3 Å². The molecule has 7 heteroatoms. The van der Waals surface area contributed by atoms with Crippen LogP contribution in [0.2, 0.25) is 0 Å². The highest BCUT2D eigenvalue weighted by Crippen LogP contribution is 2.20. The van der Waals surface area contributed by atoms with Crippen molar-refractivity contribution in [1.29, 1.82) is 0 Å². The fourth-order valence-electron chi connectivity index (χ4n) is 4.33. The lowest BCUT2D eigenvalue weighted by Gasteiger charge is -2.32. The maximum absolute atomic E-state index is 13.0. The Morgan fingerprint density at radius 2 is 1.91 bits per heavy atom. The fourth-order valence-corrected chi connectivity index (χ4v) is 4.67. The third kappa shape index (κ3) is 5.84. The summed E-state index contributed by atoms with van der Waals surface area (Å²) in [5.41, 5.74) is 5.02. The van der Waals surface area contributed by atoms with E-state index in [-0.39, 0.29) is 11.6 Å². The van der Waals surface area contributed by atoms with E-state index < -0.39 is 0 Å². The minimum Gasteiger partial charge on any atom is -0.379 e. The molecule has 1 aromatic heterocycles. The van der Waals surface area contributed by atoms with Crippen molar-refractivity contribution in [3.05, 3.63) is 81.1 Å². The number of fused-ring (bicyclic) bond motifs is 1. The van der Waals surface area contributed by atoms with Crippen molar-refractivity contribution < 1.29 is 4.74 Å². The maximum Gasteiger partial charge on any atom is 0.253 e. The molecule has 4 rings (SSSR count). The molecule has 6 nitrogen and oxygen atoms in total. The third-order valence-corrected chi connectivity index (χ3v) is 7.08. The van der Waals surface area contributed by atoms with Crippen LogP contribution in [0.15, 0.2) is 53.3 Å². The lowest BCUT2D eigenvalue weighted by Crippen LogP contribution is -2.46. The van der Waals surface area contributed by atoms with Gasteiger partial charge in [0.15, 0.2) is 5.11 Å². The number of thiocarbonyl (C=S) groups is 1. The molecule has 0 bridgehead atoms. The first kappa shape index (κ1) is 24.4. The molecule has 0 unspecified atom stereocenters. The van der Waals surface area contributed by atoms with Gasteiger partial charge < -0.3 is 19.9 Å². The number of rotatable bonds is 7. The minimum atomic E-state index is -0.0588. The summed E-state index contributed by atoms with van der Waals surface area (Å²) in [7, 11) is 0. The molecule has 0 amide bonds. The van der Waals surface area contributed by atoms with E-state index in [9.17, 15) is 4.79 Å². The molecule has 2 heterocycles. The molecular weight excluding hydrogens is 444 g/mol. The summed E-state index contributed by atoms with van der Waals surface area (Å²) in [6, 6.07) is 16.5. The molecule has 1 aliphatic rings. The van der Waals surface area contributed by atoms with Crippen molar-refractivity contribution in [3.63, 3.8) is 0 Å². The monoisotopic (exact) mass is 478 g/mol. The van der Waals surface area contributed by atoms with Crippen molar-refractivity contribution in [1.82, 2.24) is 20.1 Å². The Kier molecular flexibility index (Phi) is 7.98. The number of nitrogens with zero attached hydrogens (tertiary/aromatic N) is 2. The van der Waals surface area contributed by atoms with Gasteiger partial charge in [0.25, 0.3) is 5.56 Å². The second-order valence-electron chi connectivity index (χ2n) is 9.05. The number of aromatic amines is 1. The Morgan fingerprint density at radius 1 is 1.18 bits per heavy atom. The molecule has 1 atom stereocenters. The first-order valence-electron chi connectivity index (χ1n) is 11.9. The summed E-state index contributed by atoms with van der Waals surface area (Å²) >= 11 is 5.85. The zero-order valence-electron chi connectivity index (χ0n) is 20.3. The molecule has 1 saturated heterocycles. The van der Waals surface area contributed by atoms with Gasteiger partial charge in [-0.1, -0.05) is 42.5 Å². The van der Waals surface area contributed by atoms with Crippen molar-refractivity contribution in [2.45, 2.75) is 33.4 Å². The van der Waals surface area contributed by atoms with Gasteiger partial charge in [0.2, 0.25) is 0 Å². The van der Waals surface area contributed by atoms with E-state index in [4.69, 9.17) is 17.0 Å². The Morgan fingerprint density at radius 3 is 2.65 bits per heavy atom. The predicted octanol–water partition coefficient (Wildman–Crippen LogP) is 3.91. The number of ether oxygens (including phenoxy) is 1. The summed E-state index contributed by atoms with van der Waals surface area (Å²) < 4.78 is 5.49. The molecule has 0 saturated carbocycles. The molecular formula is C27H34N4O2S. The second kappa shape index (κ2) is 11.1. The molecule has 3 aromatic rings. The number of benzene rings is 2. The van der Waals surface area contributed by atoms with Gasteiger partial charge in [-0.2, -0.15) is 0 Å². The number of hydrogen-bond acceptors (Lipinski definition) is 4. The maximum atomic E-state index is 13.0. The highest BCUT2D eigenvalue weighted by molar-refractivity contribution is 7.80. The topological polar surface area (TPSA) is 60.6 Å². The summed E-state index contributed by atoms with van der Waals surface area (Å²) in [5.74, 6) is 0. The zero-order valence-corrected chi connectivity index (χ0v) is 21.1. The molecule has 2 aromatic carbocycles. The van der Waals surface area contributed by atoms with Crippen LogP contribution in [0.4, 0.5) is 0 Å². The summed E-state index contributed by atoms with van der Waals surface area (Å²) in [6.07, 6.45) is 0. The average molecular weight is 479 g/mol. The van der Waals surface area contributed by atoms with Gasteiger partial charge in [-0.05, 0) is 61.1 Å². The van der Waals surface area contributed by atoms with Crippen LogP contribution in [-0.4, -0.2) is 59.3 Å². The van der Waals surface area contributed by atoms with E-state index in [0.717, 1.165) is 55.9 Å². The van der Waals surface area contributed by atoms with Crippen LogP contribution in [0.25, 0.3) is 10.9 Å². The van der Waals surface area contributed by atoms with Crippen molar-refractivity contribution in [2.75, 3.05) is 39.4 Å². The quantitative estimate of drug-likeness (QED) is 0.502. The van der Waals surface area contributed by atoms with Crippen LogP contribution in [-0.2, 0) is 11.3 Å². The third-order valence-electron chi connectivity index (χ3n) is 6.71. The SMILES string of the molecule is Cc1ccc2cc(CN(CCN3CCOCC3)C(=S)N[C@H](C)c3ccccc3)c(=O)[nH]c2c1C. The number of nitrogens with one attached hydrogen (secondary N) is 2. The Hall–Kier alpha value is -2.74. The summed E-state index contributed by atoms with van der Waals surface area (Å²) in [4.78, 5) is 20.6. The Bertz CT molecular complexity index is 1190. The first-order chi connectivity index (χ1) is 16.4. The molecule has 0 spiro atoms. The molecule has 2 N–H and O–H groups in total. The van der Waals surface area contributed by atoms with E-state index in [2.05, 4.69) is 58.2 Å². The highest BCUT2D eigenvalue weighted by atomic mass is 32.1. The highest BCUT2D eigenvalue weighted by Gasteiger charge is 2.18. The number of morpholine rings is 1. The molecule has 1 aliphatic heterocycles. The number of aromatic nitrogens is 1. The predicted molar refractivity (Wildman–Crippen MR) is 142 cm³/mol. The second-order valence-corrected chi connectivity index (χ2v) is 9.44. The van der Waals surface area contributed by atoms with Crippen LogP contribution in [0.5, 0.6) is 0 Å². The average Bonchev–Trinajstić information content (AvgIpc) is 2.86. The molecule has 34 heavy (non-hydrogen) atoms. The number of hydrogen-bond donors (Lipinski definition) is 2. The van der Waals surface area contributed by atoms with Gasteiger partial charge in [0.1, 0.15) is 0 Å². The number of pyridine rings is 1. The van der Waals surface area contributed by atoms with Crippen LogP contribution in [0.3, 0.4) is 0 Å². The number of aryl methyl sites for hydroxylation is 2. The fraction of sp³-hybridized carbons (Fsp3) is 0.407. The smallest absolute Gasteiger partial charge is 0.253 e.